The molecule has 0 radical (unpaired) electrons. The van der Waals surface area contributed by atoms with Crippen LogP contribution in [0.1, 0.15) is 58.3 Å². The number of nitrogens with two attached hydrogens (primary N) is 2. The molecule has 0 aliphatic carbocycles. The van der Waals surface area contributed by atoms with Gasteiger partial charge in [-0.2, -0.15) is 0 Å². The van der Waals surface area contributed by atoms with Gasteiger partial charge in [0.2, 0.25) is 11.8 Å². The van der Waals surface area contributed by atoms with Crippen LogP contribution in [0.3, 0.4) is 0 Å². The maximum atomic E-state index is 12.2. The Morgan fingerprint density at radius 3 is 2.38 bits per heavy atom. The first-order chi connectivity index (χ1) is 10.1. The molecule has 1 saturated heterocycles. The Bertz CT molecular complexity index is 319. The molecule has 1 heterocycles. The maximum absolute atomic E-state index is 12.2. The van der Waals surface area contributed by atoms with Gasteiger partial charge in [0.25, 0.3) is 0 Å². The number of hydrogen-bond donors (Lipinski definition) is 2. The summed E-state index contributed by atoms with van der Waals surface area (Å²) in [7, 11) is 0. The van der Waals surface area contributed by atoms with Crippen LogP contribution in [0, 0.1) is 11.8 Å². The fourth-order valence-corrected chi connectivity index (χ4v) is 3.23. The van der Waals surface area contributed by atoms with Gasteiger partial charge in [-0.15, -0.1) is 0 Å². The molecule has 0 saturated carbocycles. The van der Waals surface area contributed by atoms with E-state index in [-0.39, 0.29) is 11.8 Å². The van der Waals surface area contributed by atoms with Gasteiger partial charge in [0.15, 0.2) is 0 Å². The number of nitrogens with zero attached hydrogens (tertiary/aromatic N) is 1. The lowest BCUT2D eigenvalue weighted by atomic mass is 9.92. The topological polar surface area (TPSA) is 89.4 Å². The van der Waals surface area contributed by atoms with Crippen LogP contribution in [0.25, 0.3) is 0 Å². The molecule has 0 aromatic heterocycles. The highest BCUT2D eigenvalue weighted by Crippen LogP contribution is 2.22. The van der Waals surface area contributed by atoms with Gasteiger partial charge < -0.3 is 16.4 Å². The zero-order valence-corrected chi connectivity index (χ0v) is 13.4. The summed E-state index contributed by atoms with van der Waals surface area (Å²) in [5.41, 5.74) is 10.9. The van der Waals surface area contributed by atoms with E-state index in [0.29, 0.717) is 31.2 Å². The Kier molecular flexibility index (Phi) is 8.35. The zero-order chi connectivity index (χ0) is 15.7. The number of rotatable bonds is 9. The summed E-state index contributed by atoms with van der Waals surface area (Å²) in [5, 5.41) is 0. The van der Waals surface area contributed by atoms with Gasteiger partial charge in [-0.05, 0) is 44.1 Å². The maximum Gasteiger partial charge on any atom is 0.222 e. The largest absolute Gasteiger partial charge is 0.370 e. The fraction of sp³-hybridized carbons (Fsp3) is 0.875. The highest BCUT2D eigenvalue weighted by atomic mass is 16.2. The lowest BCUT2D eigenvalue weighted by Gasteiger charge is -2.32. The van der Waals surface area contributed by atoms with Crippen molar-refractivity contribution in [3.8, 4) is 0 Å². The third-order valence-corrected chi connectivity index (χ3v) is 4.50. The predicted octanol–water partition coefficient (Wildman–Crippen LogP) is 1.65. The first kappa shape index (κ1) is 18.0. The standard InChI is InChI=1S/C16H31N3O2/c1-2-3-13(6-9-17)4-5-16(21)19-10-7-14(8-11-19)12-15(18)20/h13-14H,2-12,17H2,1H3,(H2,18,20). The number of carbonyl (C=O) groups is 2. The van der Waals surface area contributed by atoms with Crippen molar-refractivity contribution >= 4 is 11.8 Å². The molecule has 0 bridgehead atoms. The summed E-state index contributed by atoms with van der Waals surface area (Å²) in [6, 6.07) is 0. The van der Waals surface area contributed by atoms with E-state index in [1.807, 2.05) is 4.90 Å². The lowest BCUT2D eigenvalue weighted by molar-refractivity contribution is -0.133. The molecule has 1 aliphatic rings. The third-order valence-electron chi connectivity index (χ3n) is 4.50. The SMILES string of the molecule is CCCC(CCN)CCC(=O)N1CCC(CC(N)=O)CC1. The number of amides is 2. The van der Waals surface area contributed by atoms with Crippen molar-refractivity contribution in [1.29, 1.82) is 0 Å². The van der Waals surface area contributed by atoms with Gasteiger partial charge in [0.05, 0.1) is 0 Å². The molecule has 122 valence electrons. The third kappa shape index (κ3) is 6.93. The van der Waals surface area contributed by atoms with Gasteiger partial charge in [0.1, 0.15) is 0 Å². The number of primary amides is 1. The summed E-state index contributed by atoms with van der Waals surface area (Å²) < 4.78 is 0. The molecule has 1 rings (SSSR count). The minimum Gasteiger partial charge on any atom is -0.370 e. The van der Waals surface area contributed by atoms with E-state index in [9.17, 15) is 9.59 Å². The highest BCUT2D eigenvalue weighted by Gasteiger charge is 2.24. The normalized spacial score (nSPS) is 17.7. The monoisotopic (exact) mass is 297 g/mol. The van der Waals surface area contributed by atoms with Crippen LogP contribution in [0.5, 0.6) is 0 Å². The molecule has 5 nitrogen and oxygen atoms in total. The van der Waals surface area contributed by atoms with E-state index in [1.165, 1.54) is 0 Å². The van der Waals surface area contributed by atoms with Crippen molar-refractivity contribution in [3.63, 3.8) is 0 Å². The second-order valence-corrected chi connectivity index (χ2v) is 6.27. The van der Waals surface area contributed by atoms with E-state index in [1.54, 1.807) is 0 Å². The Morgan fingerprint density at radius 2 is 1.86 bits per heavy atom. The van der Waals surface area contributed by atoms with Crippen LogP contribution in [-0.2, 0) is 9.59 Å². The molecule has 5 heteroatoms. The zero-order valence-electron chi connectivity index (χ0n) is 13.4. The van der Waals surface area contributed by atoms with Gasteiger partial charge in [-0.1, -0.05) is 19.8 Å². The van der Waals surface area contributed by atoms with Crippen molar-refractivity contribution in [2.45, 2.75) is 58.3 Å². The average molecular weight is 297 g/mol. The Balaban J connectivity index is 2.28. The lowest BCUT2D eigenvalue weighted by Crippen LogP contribution is -2.39. The molecule has 1 aliphatic heterocycles. The average Bonchev–Trinajstić information content (AvgIpc) is 2.45. The van der Waals surface area contributed by atoms with Crippen LogP contribution in [0.2, 0.25) is 0 Å². The van der Waals surface area contributed by atoms with Gasteiger partial charge in [-0.25, -0.2) is 0 Å². The summed E-state index contributed by atoms with van der Waals surface area (Å²) in [6.45, 7) is 4.42. The summed E-state index contributed by atoms with van der Waals surface area (Å²) in [6.07, 6.45) is 7.16. The van der Waals surface area contributed by atoms with Crippen molar-refractivity contribution in [1.82, 2.24) is 4.90 Å². The van der Waals surface area contributed by atoms with Gasteiger partial charge >= 0.3 is 0 Å². The first-order valence-electron chi connectivity index (χ1n) is 8.32. The van der Waals surface area contributed by atoms with Gasteiger partial charge in [0, 0.05) is 25.9 Å². The van der Waals surface area contributed by atoms with Gasteiger partial charge in [-0.3, -0.25) is 9.59 Å². The minimum atomic E-state index is -0.232. The molecule has 0 aromatic carbocycles. The summed E-state index contributed by atoms with van der Waals surface area (Å²) in [5.74, 6) is 0.961. The van der Waals surface area contributed by atoms with Crippen LogP contribution in [0.15, 0.2) is 0 Å². The number of carbonyl (C=O) groups excluding carboxylic acids is 2. The van der Waals surface area contributed by atoms with Crippen molar-refractivity contribution in [2.24, 2.45) is 23.3 Å². The Hall–Kier alpha value is -1.10. The molecule has 0 aromatic rings. The van der Waals surface area contributed by atoms with E-state index in [4.69, 9.17) is 11.5 Å². The quantitative estimate of drug-likeness (QED) is 0.678. The molecule has 1 fully saturated rings. The second kappa shape index (κ2) is 9.77. The molecule has 4 N–H and O–H groups in total. The van der Waals surface area contributed by atoms with Crippen LogP contribution >= 0.6 is 0 Å². The molecule has 21 heavy (non-hydrogen) atoms. The van der Waals surface area contributed by atoms with E-state index >= 15 is 0 Å². The van der Waals surface area contributed by atoms with Crippen LogP contribution in [0.4, 0.5) is 0 Å². The number of hydrogen-bond acceptors (Lipinski definition) is 3. The summed E-state index contributed by atoms with van der Waals surface area (Å²) in [4.78, 5) is 25.1. The molecule has 1 atom stereocenters. The van der Waals surface area contributed by atoms with Crippen LogP contribution < -0.4 is 11.5 Å². The predicted molar refractivity (Wildman–Crippen MR) is 84.4 cm³/mol. The Morgan fingerprint density at radius 1 is 1.19 bits per heavy atom. The molecule has 2 amide bonds. The molecule has 1 unspecified atom stereocenters. The van der Waals surface area contributed by atoms with Crippen LogP contribution in [-0.4, -0.2) is 36.3 Å². The number of likely N-dealkylation sites (tertiary alicyclic amines) is 1. The summed E-state index contributed by atoms with van der Waals surface area (Å²) >= 11 is 0. The highest BCUT2D eigenvalue weighted by molar-refractivity contribution is 5.76. The fourth-order valence-electron chi connectivity index (χ4n) is 3.23. The smallest absolute Gasteiger partial charge is 0.222 e. The van der Waals surface area contributed by atoms with E-state index < -0.39 is 0 Å². The van der Waals surface area contributed by atoms with E-state index in [0.717, 1.165) is 51.6 Å². The second-order valence-electron chi connectivity index (χ2n) is 6.27. The first-order valence-corrected chi connectivity index (χ1v) is 8.32. The van der Waals surface area contributed by atoms with Crippen molar-refractivity contribution in [3.05, 3.63) is 0 Å². The molecular weight excluding hydrogens is 266 g/mol. The Labute approximate surface area is 128 Å². The van der Waals surface area contributed by atoms with Crippen molar-refractivity contribution in [2.75, 3.05) is 19.6 Å². The molecule has 0 spiro atoms. The number of piperidine rings is 1. The molecular formula is C16H31N3O2. The van der Waals surface area contributed by atoms with Crippen molar-refractivity contribution < 1.29 is 9.59 Å². The van der Waals surface area contributed by atoms with E-state index in [2.05, 4.69) is 6.92 Å². The minimum absolute atomic E-state index is 0.232.